The number of methoxy groups -OCH3 is 1. The van der Waals surface area contributed by atoms with E-state index in [4.69, 9.17) is 10.2 Å². The van der Waals surface area contributed by atoms with Crippen molar-refractivity contribution in [2.45, 2.75) is 6.04 Å². The van der Waals surface area contributed by atoms with E-state index < -0.39 is 22.8 Å². The maximum absolute atomic E-state index is 10.9. The number of nitrogens with zero attached hydrogens (tertiary/aromatic N) is 1. The first kappa shape index (κ1) is 10.2. The van der Waals surface area contributed by atoms with E-state index in [9.17, 15) is 14.9 Å². The molecule has 1 unspecified atom stereocenters. The number of nitrogens with two attached hydrogens (primary N) is 1. The van der Waals surface area contributed by atoms with Gasteiger partial charge < -0.3 is 14.9 Å². The summed E-state index contributed by atoms with van der Waals surface area (Å²) in [6.07, 6.45) is 0. The molecule has 1 rings (SSSR count). The van der Waals surface area contributed by atoms with Crippen LogP contribution in [0.4, 0.5) is 5.88 Å². The molecule has 0 bridgehead atoms. The summed E-state index contributed by atoms with van der Waals surface area (Å²) in [6, 6.07) is 1.26. The highest BCUT2D eigenvalue weighted by Crippen LogP contribution is 2.20. The Hall–Kier alpha value is -1.89. The van der Waals surface area contributed by atoms with Gasteiger partial charge in [-0.3, -0.25) is 10.1 Å². The van der Waals surface area contributed by atoms with Gasteiger partial charge in [-0.1, -0.05) is 0 Å². The molecule has 0 fully saturated rings. The lowest BCUT2D eigenvalue weighted by Crippen LogP contribution is -2.21. The zero-order valence-electron chi connectivity index (χ0n) is 7.30. The summed E-state index contributed by atoms with van der Waals surface area (Å²) in [7, 11) is 1.17. The number of rotatable bonds is 3. The van der Waals surface area contributed by atoms with Gasteiger partial charge in [0.2, 0.25) is 0 Å². The van der Waals surface area contributed by atoms with Crippen LogP contribution in [-0.2, 0) is 9.53 Å². The molecular formula is C7H8N2O5. The quantitative estimate of drug-likeness (QED) is 0.428. The molecule has 1 aromatic heterocycles. The summed E-state index contributed by atoms with van der Waals surface area (Å²) in [5.41, 5.74) is 5.37. The molecule has 0 aromatic carbocycles. The maximum atomic E-state index is 10.9. The van der Waals surface area contributed by atoms with Gasteiger partial charge in [0.1, 0.15) is 10.7 Å². The van der Waals surface area contributed by atoms with Crippen molar-refractivity contribution in [3.63, 3.8) is 0 Å². The topological polar surface area (TPSA) is 109 Å². The van der Waals surface area contributed by atoms with E-state index >= 15 is 0 Å². The SMILES string of the molecule is COC(=O)C(N)c1ccc([N+](=O)[O-])o1. The molecule has 0 aliphatic carbocycles. The molecule has 0 saturated heterocycles. The molecule has 0 amide bonds. The molecule has 7 nitrogen and oxygen atoms in total. The van der Waals surface area contributed by atoms with E-state index in [0.717, 1.165) is 6.07 Å². The molecule has 1 heterocycles. The highest BCUT2D eigenvalue weighted by Gasteiger charge is 2.22. The number of hydrogen-bond donors (Lipinski definition) is 1. The van der Waals surface area contributed by atoms with Gasteiger partial charge in [-0.15, -0.1) is 0 Å². The molecule has 7 heteroatoms. The lowest BCUT2D eigenvalue weighted by molar-refractivity contribution is -0.402. The van der Waals surface area contributed by atoms with Gasteiger partial charge >= 0.3 is 11.9 Å². The fraction of sp³-hybridized carbons (Fsp3) is 0.286. The Kier molecular flexibility index (Phi) is 2.82. The van der Waals surface area contributed by atoms with Crippen LogP contribution >= 0.6 is 0 Å². The fourth-order valence-electron chi connectivity index (χ4n) is 0.851. The number of carbonyl (C=O) groups excluding carboxylic acids is 1. The second kappa shape index (κ2) is 3.88. The van der Waals surface area contributed by atoms with Gasteiger partial charge in [0, 0.05) is 0 Å². The molecule has 0 aliphatic heterocycles. The van der Waals surface area contributed by atoms with Gasteiger partial charge in [-0.05, 0) is 6.07 Å². The van der Waals surface area contributed by atoms with Gasteiger partial charge in [-0.25, -0.2) is 4.79 Å². The number of carbonyl (C=O) groups is 1. The Morgan fingerprint density at radius 3 is 2.79 bits per heavy atom. The van der Waals surface area contributed by atoms with Crippen LogP contribution in [0.1, 0.15) is 11.8 Å². The Balaban J connectivity index is 2.86. The minimum absolute atomic E-state index is 0.00329. The van der Waals surface area contributed by atoms with Gasteiger partial charge in [0.15, 0.2) is 6.04 Å². The van der Waals surface area contributed by atoms with Crippen molar-refractivity contribution in [1.82, 2.24) is 0 Å². The number of esters is 1. The van der Waals surface area contributed by atoms with Gasteiger partial charge in [0.05, 0.1) is 13.2 Å². The Labute approximate surface area is 78.6 Å². The predicted molar refractivity (Wildman–Crippen MR) is 44.3 cm³/mol. The maximum Gasteiger partial charge on any atom is 0.433 e. The van der Waals surface area contributed by atoms with Crippen LogP contribution in [0.5, 0.6) is 0 Å². The van der Waals surface area contributed by atoms with Crippen LogP contribution < -0.4 is 5.73 Å². The summed E-state index contributed by atoms with van der Waals surface area (Å²) < 4.78 is 9.05. The Morgan fingerprint density at radius 1 is 1.71 bits per heavy atom. The average molecular weight is 200 g/mol. The van der Waals surface area contributed by atoms with Crippen molar-refractivity contribution in [3.05, 3.63) is 28.0 Å². The minimum atomic E-state index is -1.13. The van der Waals surface area contributed by atoms with Crippen molar-refractivity contribution in [1.29, 1.82) is 0 Å². The monoisotopic (exact) mass is 200 g/mol. The first-order valence-electron chi connectivity index (χ1n) is 3.63. The van der Waals surface area contributed by atoms with E-state index in [1.165, 1.54) is 13.2 Å². The Bertz CT molecular complexity index is 359. The zero-order valence-corrected chi connectivity index (χ0v) is 7.30. The largest absolute Gasteiger partial charge is 0.468 e. The summed E-state index contributed by atoms with van der Waals surface area (Å²) in [5, 5.41) is 10.2. The van der Waals surface area contributed by atoms with E-state index in [1.54, 1.807) is 0 Å². The van der Waals surface area contributed by atoms with Gasteiger partial charge in [-0.2, -0.15) is 0 Å². The molecule has 76 valence electrons. The summed E-state index contributed by atoms with van der Waals surface area (Å²) >= 11 is 0. The van der Waals surface area contributed by atoms with Crippen LogP contribution in [0, 0.1) is 10.1 Å². The van der Waals surface area contributed by atoms with E-state index in [1.807, 2.05) is 0 Å². The average Bonchev–Trinajstić information content (AvgIpc) is 2.64. The van der Waals surface area contributed by atoms with E-state index in [-0.39, 0.29) is 5.76 Å². The number of nitro groups is 1. The second-order valence-electron chi connectivity index (χ2n) is 2.43. The molecule has 0 aliphatic rings. The molecule has 2 N–H and O–H groups in total. The summed E-state index contributed by atoms with van der Waals surface area (Å²) in [4.78, 5) is 20.4. The van der Waals surface area contributed by atoms with Crippen LogP contribution in [0.3, 0.4) is 0 Å². The van der Waals surface area contributed by atoms with E-state index in [0.29, 0.717) is 0 Å². The van der Waals surface area contributed by atoms with Crippen LogP contribution in [0.25, 0.3) is 0 Å². The number of hydrogen-bond acceptors (Lipinski definition) is 6. The summed E-state index contributed by atoms with van der Waals surface area (Å²) in [5.74, 6) is -1.17. The molecule has 1 aromatic rings. The van der Waals surface area contributed by atoms with Gasteiger partial charge in [0.25, 0.3) is 0 Å². The molecule has 0 saturated carbocycles. The Morgan fingerprint density at radius 2 is 2.36 bits per heavy atom. The lowest BCUT2D eigenvalue weighted by atomic mass is 10.2. The minimum Gasteiger partial charge on any atom is -0.468 e. The number of furan rings is 1. The van der Waals surface area contributed by atoms with Crippen molar-refractivity contribution in [3.8, 4) is 0 Å². The molecule has 0 spiro atoms. The third-order valence-electron chi connectivity index (χ3n) is 1.55. The lowest BCUT2D eigenvalue weighted by Gasteiger charge is -2.03. The zero-order chi connectivity index (χ0) is 10.7. The van der Waals surface area contributed by atoms with Crippen molar-refractivity contribution in [2.24, 2.45) is 5.73 Å². The highest BCUT2D eigenvalue weighted by molar-refractivity contribution is 5.76. The molecule has 14 heavy (non-hydrogen) atoms. The molecule has 0 radical (unpaired) electrons. The molecule has 1 atom stereocenters. The van der Waals surface area contributed by atoms with Crippen molar-refractivity contribution >= 4 is 11.9 Å². The number of ether oxygens (including phenoxy) is 1. The van der Waals surface area contributed by atoms with Crippen molar-refractivity contribution < 1.29 is 18.9 Å². The standard InChI is InChI=1S/C7H8N2O5/c1-13-7(10)6(8)4-2-3-5(14-4)9(11)12/h2-3,6H,8H2,1H3. The highest BCUT2D eigenvalue weighted by atomic mass is 16.6. The normalized spacial score (nSPS) is 12.1. The van der Waals surface area contributed by atoms with E-state index in [2.05, 4.69) is 4.74 Å². The van der Waals surface area contributed by atoms with Crippen LogP contribution in [0.2, 0.25) is 0 Å². The van der Waals surface area contributed by atoms with Crippen LogP contribution in [0.15, 0.2) is 16.5 Å². The third-order valence-corrected chi connectivity index (χ3v) is 1.55. The summed E-state index contributed by atoms with van der Waals surface area (Å²) in [6.45, 7) is 0. The predicted octanol–water partition coefficient (Wildman–Crippen LogP) is 0.361. The first-order chi connectivity index (χ1) is 6.56. The molecular weight excluding hydrogens is 192 g/mol. The smallest absolute Gasteiger partial charge is 0.433 e. The van der Waals surface area contributed by atoms with Crippen molar-refractivity contribution in [2.75, 3.05) is 7.11 Å². The third kappa shape index (κ3) is 1.88. The first-order valence-corrected chi connectivity index (χ1v) is 3.63. The van der Waals surface area contributed by atoms with Crippen LogP contribution in [-0.4, -0.2) is 18.0 Å². The fourth-order valence-corrected chi connectivity index (χ4v) is 0.851. The second-order valence-corrected chi connectivity index (χ2v) is 2.43.